The molecule has 1 heterocycles. The molecular weight excluding hydrogens is 490 g/mol. The minimum absolute atomic E-state index is 0.537. The number of rotatable bonds is 11. The second kappa shape index (κ2) is 19.9. The van der Waals surface area contributed by atoms with Gasteiger partial charge < -0.3 is 4.74 Å². The van der Waals surface area contributed by atoms with Crippen LogP contribution < -0.4 is 0 Å². The lowest BCUT2D eigenvalue weighted by molar-refractivity contribution is 0.0865. The number of aromatic nitrogens is 2. The minimum atomic E-state index is 0.537. The Morgan fingerprint density at radius 3 is 2.02 bits per heavy atom. The molecule has 3 rings (SSSR count). The molecular formula is C36H61N3O. The Bertz CT molecular complexity index is 961. The fourth-order valence-electron chi connectivity index (χ4n) is 5.09. The van der Waals surface area contributed by atoms with Crippen LogP contribution in [0.3, 0.4) is 0 Å². The molecule has 4 nitrogen and oxygen atoms in total. The second-order valence-corrected chi connectivity index (χ2v) is 12.2. The van der Waals surface area contributed by atoms with Gasteiger partial charge in [0.15, 0.2) is 0 Å². The van der Waals surface area contributed by atoms with Crippen LogP contribution in [-0.4, -0.2) is 36.4 Å². The van der Waals surface area contributed by atoms with E-state index in [1.165, 1.54) is 44.1 Å². The lowest BCUT2D eigenvalue weighted by Crippen LogP contribution is -2.14. The Hall–Kier alpha value is -2.07. The van der Waals surface area contributed by atoms with Crippen molar-refractivity contribution in [2.45, 2.75) is 120 Å². The summed E-state index contributed by atoms with van der Waals surface area (Å²) in [7, 11) is 1.77. The second-order valence-electron chi connectivity index (χ2n) is 12.2. The fourth-order valence-corrected chi connectivity index (χ4v) is 5.09. The molecule has 2 aromatic rings. The van der Waals surface area contributed by atoms with Gasteiger partial charge in [-0.15, -0.1) is 0 Å². The zero-order valence-electron chi connectivity index (χ0n) is 27.9. The fraction of sp³-hybridized carbons (Fsp3) is 0.694. The molecule has 0 radical (unpaired) electrons. The molecule has 0 N–H and O–H groups in total. The Morgan fingerprint density at radius 1 is 0.900 bits per heavy atom. The molecule has 3 unspecified atom stereocenters. The number of hydrogen-bond acceptors (Lipinski definition) is 4. The number of aliphatic imine (C=N–C) groups is 1. The molecule has 4 heteroatoms. The molecule has 3 atom stereocenters. The average molecular weight is 552 g/mol. The van der Waals surface area contributed by atoms with Crippen molar-refractivity contribution in [1.29, 1.82) is 0 Å². The van der Waals surface area contributed by atoms with Crippen molar-refractivity contribution in [1.82, 2.24) is 9.97 Å². The van der Waals surface area contributed by atoms with Gasteiger partial charge in [0, 0.05) is 37.6 Å². The molecule has 1 fully saturated rings. The molecule has 1 aliphatic carbocycles. The van der Waals surface area contributed by atoms with Crippen LogP contribution in [0.5, 0.6) is 0 Å². The van der Waals surface area contributed by atoms with E-state index in [1.807, 2.05) is 20.1 Å². The Labute approximate surface area is 247 Å². The van der Waals surface area contributed by atoms with Crippen LogP contribution in [0.25, 0.3) is 11.3 Å². The quantitative estimate of drug-likeness (QED) is 0.206. The highest BCUT2D eigenvalue weighted by atomic mass is 16.5. The molecule has 0 saturated heterocycles. The highest BCUT2D eigenvalue weighted by Crippen LogP contribution is 2.32. The molecule has 1 aromatic heterocycles. The van der Waals surface area contributed by atoms with E-state index in [-0.39, 0.29) is 0 Å². The third-order valence-electron chi connectivity index (χ3n) is 8.55. The third kappa shape index (κ3) is 12.6. The van der Waals surface area contributed by atoms with Crippen LogP contribution in [0.4, 0.5) is 0 Å². The zero-order valence-corrected chi connectivity index (χ0v) is 27.9. The van der Waals surface area contributed by atoms with Crippen molar-refractivity contribution in [3.63, 3.8) is 0 Å². The van der Waals surface area contributed by atoms with E-state index in [2.05, 4.69) is 94.6 Å². The number of ether oxygens (including phenoxy) is 1. The van der Waals surface area contributed by atoms with Gasteiger partial charge in [0.25, 0.3) is 0 Å². The molecule has 0 amide bonds. The number of nitrogens with zero attached hydrogens (tertiary/aromatic N) is 3. The Kier molecular flexibility index (Phi) is 17.9. The summed E-state index contributed by atoms with van der Waals surface area (Å²) >= 11 is 0. The topological polar surface area (TPSA) is 47.4 Å². The van der Waals surface area contributed by atoms with Crippen molar-refractivity contribution in [3.05, 3.63) is 46.9 Å². The van der Waals surface area contributed by atoms with Gasteiger partial charge in [-0.2, -0.15) is 0 Å². The first kappa shape index (κ1) is 36.0. The summed E-state index contributed by atoms with van der Waals surface area (Å²) in [4.78, 5) is 13.1. The van der Waals surface area contributed by atoms with Gasteiger partial charge in [-0.1, -0.05) is 118 Å². The zero-order chi connectivity index (χ0) is 30.1. The normalized spacial score (nSPS) is 15.8. The summed E-state index contributed by atoms with van der Waals surface area (Å²) in [5.74, 6) is 4.91. The first-order valence-electron chi connectivity index (χ1n) is 16.0. The molecule has 0 bridgehead atoms. The van der Waals surface area contributed by atoms with E-state index >= 15 is 0 Å². The number of aryl methyl sites for hydroxylation is 2. The van der Waals surface area contributed by atoms with Crippen molar-refractivity contribution >= 4 is 6.21 Å². The highest BCUT2D eigenvalue weighted by Gasteiger charge is 2.19. The molecule has 0 aliphatic heterocycles. The Balaban J connectivity index is 0.000000337. The van der Waals surface area contributed by atoms with E-state index in [0.717, 1.165) is 65.7 Å². The standard InChI is InChI=1S/C17H21N3.C10H22O.C9H18/c1-11(2)14-6-8-15(9-7-14)17-16(10-18-5)12(3)19-13(4)20-17;1-5-7-11-8-10(4)9(3)6-2;1-3-8(2)9-6-4-5-7-9/h6-11H,1-5H3;9-10H,5-8H2,1-4H3;8-9H,3-7H2,1-2H3. The minimum Gasteiger partial charge on any atom is -0.381 e. The average Bonchev–Trinajstić information content (AvgIpc) is 3.49. The first-order valence-corrected chi connectivity index (χ1v) is 16.0. The lowest BCUT2D eigenvalue weighted by atomic mass is 9.91. The van der Waals surface area contributed by atoms with E-state index in [4.69, 9.17) is 4.74 Å². The predicted octanol–water partition coefficient (Wildman–Crippen LogP) is 10.3. The van der Waals surface area contributed by atoms with Crippen LogP contribution >= 0.6 is 0 Å². The van der Waals surface area contributed by atoms with Crippen LogP contribution in [0, 0.1) is 37.5 Å². The van der Waals surface area contributed by atoms with E-state index < -0.39 is 0 Å². The smallest absolute Gasteiger partial charge is 0.126 e. The summed E-state index contributed by atoms with van der Waals surface area (Å²) in [6.45, 7) is 23.8. The van der Waals surface area contributed by atoms with Crippen LogP contribution in [0.15, 0.2) is 29.3 Å². The molecule has 1 aromatic carbocycles. The lowest BCUT2D eigenvalue weighted by Gasteiger charge is -2.17. The summed E-state index contributed by atoms with van der Waals surface area (Å²) in [5, 5.41) is 0. The highest BCUT2D eigenvalue weighted by molar-refractivity contribution is 5.89. The van der Waals surface area contributed by atoms with Crippen LogP contribution in [0.1, 0.15) is 129 Å². The van der Waals surface area contributed by atoms with Crippen LogP contribution in [0.2, 0.25) is 0 Å². The van der Waals surface area contributed by atoms with Crippen LogP contribution in [-0.2, 0) is 4.74 Å². The van der Waals surface area contributed by atoms with Gasteiger partial charge in [0.2, 0.25) is 0 Å². The van der Waals surface area contributed by atoms with Gasteiger partial charge in [-0.3, -0.25) is 4.99 Å². The number of hydrogen-bond donors (Lipinski definition) is 0. The SMILES string of the molecule is CCC(C)C1CCCC1.CCCOCC(C)C(C)CC.CN=Cc1c(C)nc(C)nc1-c1ccc(C(C)C)cc1. The van der Waals surface area contributed by atoms with Gasteiger partial charge in [0.05, 0.1) is 11.4 Å². The maximum absolute atomic E-state index is 5.47. The predicted molar refractivity (Wildman–Crippen MR) is 176 cm³/mol. The monoisotopic (exact) mass is 551 g/mol. The van der Waals surface area contributed by atoms with Gasteiger partial charge >= 0.3 is 0 Å². The van der Waals surface area contributed by atoms with E-state index in [1.54, 1.807) is 7.05 Å². The van der Waals surface area contributed by atoms with Crippen molar-refractivity contribution in [2.75, 3.05) is 20.3 Å². The summed E-state index contributed by atoms with van der Waals surface area (Å²) in [5.41, 5.74) is 5.36. The first-order chi connectivity index (χ1) is 19.1. The van der Waals surface area contributed by atoms with Crippen molar-refractivity contribution < 1.29 is 4.74 Å². The van der Waals surface area contributed by atoms with E-state index in [9.17, 15) is 0 Å². The maximum Gasteiger partial charge on any atom is 0.126 e. The molecule has 1 saturated carbocycles. The number of benzene rings is 1. The van der Waals surface area contributed by atoms with E-state index in [0.29, 0.717) is 11.8 Å². The van der Waals surface area contributed by atoms with Gasteiger partial charge in [-0.05, 0) is 55.4 Å². The molecule has 0 spiro atoms. The summed E-state index contributed by atoms with van der Waals surface area (Å²) in [6, 6.07) is 8.59. The largest absolute Gasteiger partial charge is 0.381 e. The third-order valence-corrected chi connectivity index (χ3v) is 8.55. The molecule has 1 aliphatic rings. The molecule has 226 valence electrons. The van der Waals surface area contributed by atoms with Crippen molar-refractivity contribution in [3.8, 4) is 11.3 Å². The van der Waals surface area contributed by atoms with Crippen molar-refractivity contribution in [2.24, 2.45) is 28.7 Å². The summed E-state index contributed by atoms with van der Waals surface area (Å²) < 4.78 is 5.47. The summed E-state index contributed by atoms with van der Waals surface area (Å²) in [6.07, 6.45) is 11.6. The van der Waals surface area contributed by atoms with Gasteiger partial charge in [0.1, 0.15) is 5.82 Å². The Morgan fingerprint density at radius 2 is 1.52 bits per heavy atom. The van der Waals surface area contributed by atoms with Gasteiger partial charge in [-0.25, -0.2) is 9.97 Å². The molecule has 40 heavy (non-hydrogen) atoms. The maximum atomic E-state index is 5.47.